The highest BCUT2D eigenvalue weighted by atomic mass is 16.5. The van der Waals surface area contributed by atoms with Crippen molar-refractivity contribution in [1.82, 2.24) is 10.6 Å². The first-order valence-corrected chi connectivity index (χ1v) is 11.3. The highest BCUT2D eigenvalue weighted by Gasteiger charge is 2.30. The fraction of sp³-hybridized carbons (Fsp3) is 0.423. The van der Waals surface area contributed by atoms with Crippen molar-refractivity contribution in [2.24, 2.45) is 5.41 Å². The average molecular weight is 453 g/mol. The van der Waals surface area contributed by atoms with Crippen molar-refractivity contribution < 1.29 is 24.2 Å². The molecule has 0 aliphatic heterocycles. The van der Waals surface area contributed by atoms with Gasteiger partial charge in [-0.05, 0) is 42.5 Å². The Bertz CT molecular complexity index is 972. The molecule has 0 saturated carbocycles. The maximum atomic E-state index is 12.6. The zero-order valence-electron chi connectivity index (χ0n) is 19.4. The number of carbonyl (C=O) groups excluding carboxylic acids is 2. The van der Waals surface area contributed by atoms with E-state index in [-0.39, 0.29) is 31.4 Å². The fourth-order valence-electron chi connectivity index (χ4n) is 4.07. The van der Waals surface area contributed by atoms with Crippen LogP contribution in [-0.2, 0) is 14.3 Å². The van der Waals surface area contributed by atoms with Crippen molar-refractivity contribution in [2.75, 3.05) is 13.2 Å². The largest absolute Gasteiger partial charge is 0.481 e. The van der Waals surface area contributed by atoms with Crippen molar-refractivity contribution in [1.29, 1.82) is 0 Å². The maximum Gasteiger partial charge on any atom is 0.407 e. The van der Waals surface area contributed by atoms with Crippen LogP contribution in [0.1, 0.15) is 57.1 Å². The van der Waals surface area contributed by atoms with Gasteiger partial charge >= 0.3 is 12.1 Å². The number of nitrogens with one attached hydrogen (secondary N) is 2. The molecule has 0 saturated heterocycles. The first-order valence-electron chi connectivity index (χ1n) is 11.3. The van der Waals surface area contributed by atoms with Crippen molar-refractivity contribution in [2.45, 2.75) is 52.0 Å². The number of alkyl carbamates (subject to hydrolysis) is 1. The minimum atomic E-state index is -1.06. The van der Waals surface area contributed by atoms with Gasteiger partial charge in [0.15, 0.2) is 0 Å². The van der Waals surface area contributed by atoms with Crippen LogP contribution >= 0.6 is 0 Å². The van der Waals surface area contributed by atoms with Gasteiger partial charge in [-0.3, -0.25) is 9.59 Å². The van der Waals surface area contributed by atoms with Gasteiger partial charge in [0.2, 0.25) is 5.91 Å². The summed E-state index contributed by atoms with van der Waals surface area (Å²) in [5.74, 6) is -1.32. The number of carboxylic acid groups (broad SMARTS) is 1. The Morgan fingerprint density at radius 3 is 2.15 bits per heavy atom. The molecular weight excluding hydrogens is 420 g/mol. The van der Waals surface area contributed by atoms with E-state index in [1.807, 2.05) is 31.2 Å². The first-order chi connectivity index (χ1) is 15.7. The Labute approximate surface area is 194 Å². The number of hydrogen-bond acceptors (Lipinski definition) is 4. The van der Waals surface area contributed by atoms with Gasteiger partial charge in [0.25, 0.3) is 0 Å². The summed E-state index contributed by atoms with van der Waals surface area (Å²) in [5, 5.41) is 14.6. The monoisotopic (exact) mass is 452 g/mol. The van der Waals surface area contributed by atoms with Gasteiger partial charge in [-0.25, -0.2) is 4.79 Å². The molecule has 0 fully saturated rings. The summed E-state index contributed by atoms with van der Waals surface area (Å²) in [6.07, 6.45) is 0.893. The van der Waals surface area contributed by atoms with Crippen molar-refractivity contribution in [3.8, 4) is 11.1 Å². The number of rotatable bonds is 10. The van der Waals surface area contributed by atoms with Crippen molar-refractivity contribution in [3.63, 3.8) is 0 Å². The van der Waals surface area contributed by atoms with E-state index in [1.54, 1.807) is 13.8 Å². The Hall–Kier alpha value is -3.35. The van der Waals surface area contributed by atoms with Crippen LogP contribution in [0.4, 0.5) is 4.79 Å². The normalized spacial score (nSPS) is 13.5. The first kappa shape index (κ1) is 24.3. The summed E-state index contributed by atoms with van der Waals surface area (Å²) < 4.78 is 5.58. The fourth-order valence-corrected chi connectivity index (χ4v) is 4.07. The molecule has 176 valence electrons. The van der Waals surface area contributed by atoms with E-state index in [2.05, 4.69) is 34.9 Å². The maximum absolute atomic E-state index is 12.6. The van der Waals surface area contributed by atoms with Gasteiger partial charge in [-0.2, -0.15) is 0 Å². The second kappa shape index (κ2) is 10.5. The number of carbonyl (C=O) groups is 3. The van der Waals surface area contributed by atoms with Crippen LogP contribution in [-0.4, -0.2) is 42.3 Å². The van der Waals surface area contributed by atoms with E-state index in [9.17, 15) is 19.5 Å². The zero-order chi connectivity index (χ0) is 24.0. The van der Waals surface area contributed by atoms with Gasteiger partial charge in [-0.15, -0.1) is 0 Å². The zero-order valence-corrected chi connectivity index (χ0v) is 19.4. The molecule has 0 spiro atoms. The van der Waals surface area contributed by atoms with Crippen LogP contribution in [0.2, 0.25) is 0 Å². The van der Waals surface area contributed by atoms with E-state index in [0.29, 0.717) is 6.42 Å². The van der Waals surface area contributed by atoms with Crippen LogP contribution in [0, 0.1) is 5.41 Å². The molecule has 0 heterocycles. The average Bonchev–Trinajstić information content (AvgIpc) is 3.10. The lowest BCUT2D eigenvalue weighted by molar-refractivity contribution is -0.146. The summed E-state index contributed by atoms with van der Waals surface area (Å²) in [7, 11) is 0. The lowest BCUT2D eigenvalue weighted by Gasteiger charge is -2.22. The van der Waals surface area contributed by atoms with Crippen LogP contribution in [0.15, 0.2) is 48.5 Å². The van der Waals surface area contributed by atoms with Crippen LogP contribution in [0.25, 0.3) is 11.1 Å². The predicted octanol–water partition coefficient (Wildman–Crippen LogP) is 4.31. The van der Waals surface area contributed by atoms with Crippen LogP contribution in [0.3, 0.4) is 0 Å². The molecule has 2 aromatic rings. The summed E-state index contributed by atoms with van der Waals surface area (Å²) >= 11 is 0. The minimum Gasteiger partial charge on any atom is -0.481 e. The minimum absolute atomic E-state index is 0.0188. The molecule has 2 aromatic carbocycles. The number of aliphatic carboxylic acids is 1. The van der Waals surface area contributed by atoms with Gasteiger partial charge in [0.05, 0.1) is 5.41 Å². The number of ether oxygens (including phenoxy) is 1. The number of benzene rings is 2. The Balaban J connectivity index is 1.56. The Morgan fingerprint density at radius 2 is 1.61 bits per heavy atom. The number of fused-ring (bicyclic) bond motifs is 3. The summed E-state index contributed by atoms with van der Waals surface area (Å²) in [6, 6.07) is 15.9. The highest BCUT2D eigenvalue weighted by molar-refractivity contribution is 5.80. The third-order valence-corrected chi connectivity index (χ3v) is 6.04. The van der Waals surface area contributed by atoms with Crippen molar-refractivity contribution in [3.05, 3.63) is 59.7 Å². The molecule has 1 aliphatic carbocycles. The molecule has 7 heteroatoms. The lowest BCUT2D eigenvalue weighted by atomic mass is 9.94. The summed E-state index contributed by atoms with van der Waals surface area (Å²) in [4.78, 5) is 36.1. The molecule has 3 rings (SSSR count). The van der Waals surface area contributed by atoms with E-state index in [4.69, 9.17) is 4.74 Å². The molecule has 0 aromatic heterocycles. The Morgan fingerprint density at radius 1 is 1.03 bits per heavy atom. The van der Waals surface area contributed by atoms with E-state index >= 15 is 0 Å². The molecule has 3 N–H and O–H groups in total. The second-order valence-corrected chi connectivity index (χ2v) is 9.13. The van der Waals surface area contributed by atoms with E-state index in [1.165, 1.54) is 0 Å². The van der Waals surface area contributed by atoms with Crippen molar-refractivity contribution >= 4 is 18.0 Å². The summed E-state index contributed by atoms with van der Waals surface area (Å²) in [5.41, 5.74) is 3.53. The van der Waals surface area contributed by atoms with Gasteiger partial charge < -0.3 is 20.5 Å². The van der Waals surface area contributed by atoms with Gasteiger partial charge in [0, 0.05) is 24.9 Å². The molecule has 33 heavy (non-hydrogen) atoms. The van der Waals surface area contributed by atoms with Crippen LogP contribution < -0.4 is 10.6 Å². The molecular formula is C26H32N2O5. The topological polar surface area (TPSA) is 105 Å². The predicted molar refractivity (Wildman–Crippen MR) is 126 cm³/mol. The molecule has 2 amide bonds. The smallest absolute Gasteiger partial charge is 0.407 e. The number of carboxylic acids is 1. The molecule has 1 atom stereocenters. The quantitative estimate of drug-likeness (QED) is 0.498. The van der Waals surface area contributed by atoms with Gasteiger partial charge in [0.1, 0.15) is 6.61 Å². The van der Waals surface area contributed by atoms with Gasteiger partial charge in [-0.1, -0.05) is 61.9 Å². The Kier molecular flexibility index (Phi) is 7.74. The molecule has 0 bridgehead atoms. The number of hydrogen-bond donors (Lipinski definition) is 3. The van der Waals surface area contributed by atoms with Crippen LogP contribution in [0.5, 0.6) is 0 Å². The third-order valence-electron chi connectivity index (χ3n) is 6.04. The standard InChI is InChI=1S/C26H32N2O5/c1-4-9-17(14-23(29)27-16-26(2,3)24(30)31)28-25(32)33-15-22-20-12-7-5-10-18(20)19-11-6-8-13-21(19)22/h5-8,10-13,17,22H,4,9,14-16H2,1-3H3,(H,27,29)(H,28,32)(H,30,31). The summed E-state index contributed by atoms with van der Waals surface area (Å²) in [6.45, 7) is 5.29. The third kappa shape index (κ3) is 5.92. The molecule has 1 aliphatic rings. The second-order valence-electron chi connectivity index (χ2n) is 9.13. The highest BCUT2D eigenvalue weighted by Crippen LogP contribution is 2.44. The lowest BCUT2D eigenvalue weighted by Crippen LogP contribution is -2.43. The molecule has 0 radical (unpaired) electrons. The SMILES string of the molecule is CCCC(CC(=O)NCC(C)(C)C(=O)O)NC(=O)OCC1c2ccccc2-c2ccccc21. The molecule has 7 nitrogen and oxygen atoms in total. The van der Waals surface area contributed by atoms with E-state index in [0.717, 1.165) is 28.7 Å². The number of amides is 2. The molecule has 1 unspecified atom stereocenters. The van der Waals surface area contributed by atoms with E-state index < -0.39 is 23.5 Å².